The summed E-state index contributed by atoms with van der Waals surface area (Å²) in [7, 11) is 0. The Hall–Kier alpha value is -1.18. The number of hydrogen-bond donors (Lipinski definition) is 0. The number of hydrogen-bond acceptors (Lipinski definition) is 6. The van der Waals surface area contributed by atoms with Crippen molar-refractivity contribution in [2.75, 3.05) is 33.2 Å². The number of nitriles is 2. The van der Waals surface area contributed by atoms with Crippen molar-refractivity contribution in [1.82, 2.24) is 0 Å². The predicted octanol–water partition coefficient (Wildman–Crippen LogP) is 1.33. The molecule has 0 bridgehead atoms. The van der Waals surface area contributed by atoms with Crippen LogP contribution >= 0.6 is 0 Å². The van der Waals surface area contributed by atoms with Gasteiger partial charge in [0.15, 0.2) is 5.79 Å². The molecule has 0 aromatic carbocycles. The minimum absolute atomic E-state index is 0.249. The fourth-order valence-electron chi connectivity index (χ4n) is 2.34. The average Bonchev–Trinajstić information content (AvgIpc) is 2.47. The minimum atomic E-state index is -0.797. The Morgan fingerprint density at radius 2 is 1.37 bits per heavy atom. The van der Waals surface area contributed by atoms with E-state index < -0.39 is 5.79 Å². The van der Waals surface area contributed by atoms with E-state index >= 15 is 0 Å². The van der Waals surface area contributed by atoms with Crippen LogP contribution in [0.1, 0.15) is 25.7 Å². The molecule has 0 saturated carbocycles. The normalized spacial score (nSPS) is 24.5. The van der Waals surface area contributed by atoms with Crippen LogP contribution in [-0.4, -0.2) is 39.0 Å². The highest BCUT2D eigenvalue weighted by Crippen LogP contribution is 2.37. The molecule has 0 aliphatic carbocycles. The molecule has 0 radical (unpaired) electrons. The van der Waals surface area contributed by atoms with Crippen molar-refractivity contribution in [3.63, 3.8) is 0 Å². The molecule has 19 heavy (non-hydrogen) atoms. The van der Waals surface area contributed by atoms with E-state index in [1.165, 1.54) is 0 Å². The molecule has 2 aliphatic rings. The summed E-state index contributed by atoms with van der Waals surface area (Å²) in [6.45, 7) is 2.38. The minimum Gasteiger partial charge on any atom is -0.355 e. The third-order valence-corrected chi connectivity index (χ3v) is 3.50. The quantitative estimate of drug-likeness (QED) is 0.763. The van der Waals surface area contributed by atoms with E-state index in [0.717, 1.165) is 0 Å². The zero-order chi connectivity index (χ0) is 13.6. The van der Waals surface area contributed by atoms with Crippen molar-refractivity contribution in [2.24, 2.45) is 5.41 Å². The van der Waals surface area contributed by atoms with Crippen LogP contribution in [0.15, 0.2) is 0 Å². The summed E-state index contributed by atoms with van der Waals surface area (Å²) in [4.78, 5) is 0. The second-order valence-electron chi connectivity index (χ2n) is 5.12. The van der Waals surface area contributed by atoms with Crippen LogP contribution in [0.5, 0.6) is 0 Å². The standard InChI is InChI=1S/C13H18N2O4/c14-5-1-3-13(4-2-6-15)18-9-12(10-19-13)7-16-11-17-8-12/h1-4,7-11H2. The van der Waals surface area contributed by atoms with Gasteiger partial charge in [-0.1, -0.05) is 0 Å². The van der Waals surface area contributed by atoms with E-state index in [2.05, 4.69) is 12.1 Å². The molecule has 2 rings (SSSR count). The Labute approximate surface area is 112 Å². The van der Waals surface area contributed by atoms with Gasteiger partial charge < -0.3 is 18.9 Å². The van der Waals surface area contributed by atoms with E-state index in [1.807, 2.05) is 0 Å². The maximum Gasteiger partial charge on any atom is 0.170 e. The Balaban J connectivity index is 1.96. The summed E-state index contributed by atoms with van der Waals surface area (Å²) in [5.41, 5.74) is -0.249. The molecule has 2 heterocycles. The molecule has 0 N–H and O–H groups in total. The summed E-state index contributed by atoms with van der Waals surface area (Å²) in [5, 5.41) is 17.4. The lowest BCUT2D eigenvalue weighted by atomic mass is 9.89. The molecule has 0 aromatic heterocycles. The van der Waals surface area contributed by atoms with Crippen LogP contribution in [0, 0.1) is 28.1 Å². The van der Waals surface area contributed by atoms with Crippen molar-refractivity contribution >= 4 is 0 Å². The van der Waals surface area contributed by atoms with Gasteiger partial charge in [0.05, 0.1) is 44.0 Å². The Morgan fingerprint density at radius 3 is 1.84 bits per heavy atom. The van der Waals surface area contributed by atoms with Gasteiger partial charge in [0.1, 0.15) is 6.79 Å². The Bertz CT molecular complexity index is 349. The number of rotatable bonds is 4. The maximum atomic E-state index is 8.71. The number of nitrogens with zero attached hydrogens (tertiary/aromatic N) is 2. The first-order valence-corrected chi connectivity index (χ1v) is 6.42. The second kappa shape index (κ2) is 6.31. The molecule has 2 saturated heterocycles. The van der Waals surface area contributed by atoms with Gasteiger partial charge in [0.25, 0.3) is 0 Å². The Kier molecular flexibility index (Phi) is 4.73. The topological polar surface area (TPSA) is 84.5 Å². The summed E-state index contributed by atoms with van der Waals surface area (Å²) >= 11 is 0. The lowest BCUT2D eigenvalue weighted by molar-refractivity contribution is -0.334. The highest BCUT2D eigenvalue weighted by atomic mass is 16.7. The molecule has 6 nitrogen and oxygen atoms in total. The zero-order valence-electron chi connectivity index (χ0n) is 10.9. The fourth-order valence-corrected chi connectivity index (χ4v) is 2.34. The van der Waals surface area contributed by atoms with E-state index in [4.69, 9.17) is 29.5 Å². The molecule has 0 atom stereocenters. The van der Waals surface area contributed by atoms with Gasteiger partial charge in [-0.05, 0) is 0 Å². The number of ether oxygens (including phenoxy) is 4. The maximum absolute atomic E-state index is 8.71. The molecule has 0 amide bonds. The first kappa shape index (κ1) is 14.2. The monoisotopic (exact) mass is 266 g/mol. The lowest BCUT2D eigenvalue weighted by Crippen LogP contribution is -2.55. The van der Waals surface area contributed by atoms with Crippen molar-refractivity contribution in [2.45, 2.75) is 31.5 Å². The third kappa shape index (κ3) is 3.43. The van der Waals surface area contributed by atoms with E-state index in [1.54, 1.807) is 0 Å². The van der Waals surface area contributed by atoms with Crippen LogP contribution in [-0.2, 0) is 18.9 Å². The van der Waals surface area contributed by atoms with Crippen LogP contribution in [0.25, 0.3) is 0 Å². The third-order valence-electron chi connectivity index (χ3n) is 3.50. The lowest BCUT2D eigenvalue weighted by Gasteiger charge is -2.47. The SMILES string of the molecule is N#CCCC1(CCC#N)OCC2(COCOC2)CO1. The summed E-state index contributed by atoms with van der Waals surface area (Å²) in [6, 6.07) is 4.19. The van der Waals surface area contributed by atoms with Gasteiger partial charge in [-0.25, -0.2) is 0 Å². The highest BCUT2D eigenvalue weighted by Gasteiger charge is 2.45. The molecular formula is C13H18N2O4. The summed E-state index contributed by atoms with van der Waals surface area (Å²) in [6.07, 6.45) is 1.68. The van der Waals surface area contributed by atoms with Gasteiger partial charge >= 0.3 is 0 Å². The van der Waals surface area contributed by atoms with Gasteiger partial charge in [0, 0.05) is 25.7 Å². The molecule has 2 aliphatic heterocycles. The summed E-state index contributed by atoms with van der Waals surface area (Å²) < 4.78 is 22.4. The average molecular weight is 266 g/mol. The van der Waals surface area contributed by atoms with E-state index in [9.17, 15) is 0 Å². The van der Waals surface area contributed by atoms with Crippen LogP contribution in [0.2, 0.25) is 0 Å². The summed E-state index contributed by atoms with van der Waals surface area (Å²) in [5.74, 6) is -0.797. The van der Waals surface area contributed by atoms with Crippen LogP contribution in [0.3, 0.4) is 0 Å². The van der Waals surface area contributed by atoms with E-state index in [0.29, 0.717) is 58.9 Å². The molecule has 0 aromatic rings. The smallest absolute Gasteiger partial charge is 0.170 e. The van der Waals surface area contributed by atoms with Crippen molar-refractivity contribution in [1.29, 1.82) is 10.5 Å². The van der Waals surface area contributed by atoms with Gasteiger partial charge in [-0.3, -0.25) is 0 Å². The first-order valence-electron chi connectivity index (χ1n) is 6.42. The largest absolute Gasteiger partial charge is 0.355 e. The van der Waals surface area contributed by atoms with Crippen molar-refractivity contribution < 1.29 is 18.9 Å². The molecule has 2 fully saturated rings. The van der Waals surface area contributed by atoms with Crippen LogP contribution < -0.4 is 0 Å². The van der Waals surface area contributed by atoms with Crippen LogP contribution in [0.4, 0.5) is 0 Å². The van der Waals surface area contributed by atoms with Gasteiger partial charge in [-0.2, -0.15) is 10.5 Å². The molecule has 104 valence electrons. The highest BCUT2D eigenvalue weighted by molar-refractivity contribution is 4.90. The van der Waals surface area contributed by atoms with Gasteiger partial charge in [-0.15, -0.1) is 0 Å². The first-order chi connectivity index (χ1) is 9.24. The van der Waals surface area contributed by atoms with Crippen molar-refractivity contribution in [3.05, 3.63) is 0 Å². The Morgan fingerprint density at radius 1 is 0.842 bits per heavy atom. The zero-order valence-corrected chi connectivity index (χ0v) is 10.9. The van der Waals surface area contributed by atoms with Gasteiger partial charge in [0.2, 0.25) is 0 Å². The molecule has 6 heteroatoms. The molecule has 0 unspecified atom stereocenters. The second-order valence-corrected chi connectivity index (χ2v) is 5.12. The van der Waals surface area contributed by atoms with E-state index in [-0.39, 0.29) is 5.41 Å². The fraction of sp³-hybridized carbons (Fsp3) is 0.846. The predicted molar refractivity (Wildman–Crippen MR) is 63.5 cm³/mol. The molecular weight excluding hydrogens is 248 g/mol. The van der Waals surface area contributed by atoms with Crippen molar-refractivity contribution in [3.8, 4) is 12.1 Å². The molecule has 1 spiro atoms.